The normalized spacial score (nSPS) is 20.5. The van der Waals surface area contributed by atoms with Gasteiger partial charge < -0.3 is 29.2 Å². The molecule has 2 aliphatic rings. The van der Waals surface area contributed by atoms with Crippen LogP contribution in [0.4, 0.5) is 10.6 Å². The minimum absolute atomic E-state index is 0.0463. The number of fused-ring (bicyclic) bond motifs is 4. The molecular formula is C30H37ClN6O4Si. The molecule has 4 aromatic rings. The molecule has 2 bridgehead atoms. The number of hydrogen-bond acceptors (Lipinski definition) is 6. The second-order valence-electron chi connectivity index (χ2n) is 12.8. The number of rotatable bonds is 8. The van der Waals surface area contributed by atoms with Crippen molar-refractivity contribution in [2.75, 3.05) is 11.5 Å². The van der Waals surface area contributed by atoms with Gasteiger partial charge in [-0.3, -0.25) is 4.79 Å². The number of nitrogens with zero attached hydrogens (tertiary/aromatic N) is 5. The van der Waals surface area contributed by atoms with Gasteiger partial charge in [0.25, 0.3) is 5.56 Å². The Balaban J connectivity index is 1.39. The molecule has 3 atom stereocenters. The lowest BCUT2D eigenvalue weighted by Gasteiger charge is -2.39. The van der Waals surface area contributed by atoms with E-state index in [1.165, 1.54) is 0 Å². The lowest BCUT2D eigenvalue weighted by molar-refractivity contribution is 0.0899. The summed E-state index contributed by atoms with van der Waals surface area (Å²) in [6, 6.07) is 7.00. The van der Waals surface area contributed by atoms with Crippen LogP contribution in [0.3, 0.4) is 0 Å². The molecule has 5 heterocycles. The van der Waals surface area contributed by atoms with Crippen LogP contribution < -0.4 is 15.8 Å². The molecule has 0 spiro atoms. The maximum absolute atomic E-state index is 12.7. The molecule has 10 nitrogen and oxygen atoms in total. The van der Waals surface area contributed by atoms with Crippen molar-refractivity contribution in [2.24, 2.45) is 7.05 Å². The zero-order chi connectivity index (χ0) is 29.8. The summed E-state index contributed by atoms with van der Waals surface area (Å²) in [5.74, 6) is 0.796. The van der Waals surface area contributed by atoms with Crippen molar-refractivity contribution in [1.29, 1.82) is 0 Å². The quantitative estimate of drug-likeness (QED) is 0.195. The number of hydrogen-bond donors (Lipinski definition) is 2. The van der Waals surface area contributed by atoms with Gasteiger partial charge in [-0.1, -0.05) is 37.3 Å². The number of pyridine rings is 1. The topological polar surface area (TPSA) is 115 Å². The average Bonchev–Trinajstić information content (AvgIpc) is 3.41. The largest absolute Gasteiger partial charge is 0.465 e. The van der Waals surface area contributed by atoms with Gasteiger partial charge in [0, 0.05) is 74.1 Å². The Bertz CT molecular complexity index is 1720. The van der Waals surface area contributed by atoms with Gasteiger partial charge in [0.15, 0.2) is 5.65 Å². The third kappa shape index (κ3) is 5.41. The zero-order valence-electron chi connectivity index (χ0n) is 24.4. The number of carbonyl (C=O) groups is 1. The Morgan fingerprint density at radius 1 is 1.14 bits per heavy atom. The van der Waals surface area contributed by atoms with E-state index in [9.17, 15) is 14.7 Å². The molecule has 2 fully saturated rings. The van der Waals surface area contributed by atoms with Gasteiger partial charge in [0.05, 0.1) is 11.2 Å². The van der Waals surface area contributed by atoms with Crippen molar-refractivity contribution >= 4 is 53.5 Å². The van der Waals surface area contributed by atoms with Gasteiger partial charge in [-0.05, 0) is 43.9 Å². The molecule has 12 heteroatoms. The molecule has 1 amide bonds. The van der Waals surface area contributed by atoms with Gasteiger partial charge >= 0.3 is 6.09 Å². The van der Waals surface area contributed by atoms with E-state index in [2.05, 4.69) is 29.9 Å². The van der Waals surface area contributed by atoms with Crippen LogP contribution in [0.2, 0.25) is 30.7 Å². The second-order valence-corrected chi connectivity index (χ2v) is 18.8. The van der Waals surface area contributed by atoms with Crippen molar-refractivity contribution in [3.8, 4) is 11.1 Å². The predicted molar refractivity (Wildman–Crippen MR) is 168 cm³/mol. The molecule has 2 saturated heterocycles. The summed E-state index contributed by atoms with van der Waals surface area (Å²) in [5, 5.41) is 13.7. The number of piperidine rings is 1. The maximum atomic E-state index is 12.7. The lowest BCUT2D eigenvalue weighted by atomic mass is 9.97. The molecule has 0 aliphatic carbocycles. The van der Waals surface area contributed by atoms with E-state index in [1.54, 1.807) is 17.8 Å². The predicted octanol–water partition coefficient (Wildman–Crippen LogP) is 5.68. The number of halogens is 1. The van der Waals surface area contributed by atoms with Crippen molar-refractivity contribution in [3.63, 3.8) is 0 Å². The monoisotopic (exact) mass is 608 g/mol. The summed E-state index contributed by atoms with van der Waals surface area (Å²) in [7, 11) is 0.476. The molecule has 1 aromatic carbocycles. The van der Waals surface area contributed by atoms with Crippen LogP contribution in [-0.4, -0.2) is 63.1 Å². The Morgan fingerprint density at radius 3 is 2.57 bits per heavy atom. The summed E-state index contributed by atoms with van der Waals surface area (Å²) in [4.78, 5) is 36.4. The molecule has 222 valence electrons. The number of ether oxygens (including phenoxy) is 1. The SMILES string of the molecule is Cn1ccc2c(Cl)c(-c3cn(COCC[Si](C)(C)C)c4nc(N5[C@@H]6CC[C@H]5C[C@@H](NC(=O)O)C6)cnc34)ccc2c1=O. The van der Waals surface area contributed by atoms with E-state index in [4.69, 9.17) is 26.3 Å². The van der Waals surface area contributed by atoms with E-state index in [0.717, 1.165) is 48.7 Å². The number of aromatic nitrogens is 4. The minimum Gasteiger partial charge on any atom is -0.465 e. The molecule has 2 N–H and O–H groups in total. The van der Waals surface area contributed by atoms with Gasteiger partial charge in [0.2, 0.25) is 0 Å². The van der Waals surface area contributed by atoms with Gasteiger partial charge in [-0.15, -0.1) is 0 Å². The number of amides is 1. The summed E-state index contributed by atoms with van der Waals surface area (Å²) >= 11 is 6.95. The molecule has 42 heavy (non-hydrogen) atoms. The highest BCUT2D eigenvalue weighted by Crippen LogP contribution is 2.41. The number of anilines is 1. The van der Waals surface area contributed by atoms with E-state index in [-0.39, 0.29) is 23.7 Å². The first kappa shape index (κ1) is 28.7. The van der Waals surface area contributed by atoms with E-state index in [0.29, 0.717) is 40.3 Å². The fourth-order valence-electron chi connectivity index (χ4n) is 6.44. The molecule has 6 rings (SSSR count). The van der Waals surface area contributed by atoms with E-state index in [1.807, 2.05) is 35.2 Å². The molecular weight excluding hydrogens is 572 g/mol. The zero-order valence-corrected chi connectivity index (χ0v) is 26.2. The fraction of sp³-hybridized carbons (Fsp3) is 0.467. The van der Waals surface area contributed by atoms with Crippen molar-refractivity contribution in [3.05, 3.63) is 52.2 Å². The van der Waals surface area contributed by atoms with E-state index < -0.39 is 14.2 Å². The first-order valence-electron chi connectivity index (χ1n) is 14.5. The van der Waals surface area contributed by atoms with Crippen LogP contribution in [0.25, 0.3) is 33.1 Å². The van der Waals surface area contributed by atoms with Crippen molar-refractivity contribution in [1.82, 2.24) is 24.4 Å². The third-order valence-electron chi connectivity index (χ3n) is 8.59. The van der Waals surface area contributed by atoms with Gasteiger partial charge in [-0.2, -0.15) is 0 Å². The summed E-state index contributed by atoms with van der Waals surface area (Å²) in [5.41, 5.74) is 2.94. The van der Waals surface area contributed by atoms with Crippen LogP contribution in [0.15, 0.2) is 41.6 Å². The van der Waals surface area contributed by atoms with Crippen LogP contribution in [0.1, 0.15) is 25.7 Å². The van der Waals surface area contributed by atoms with E-state index >= 15 is 0 Å². The molecule has 2 aliphatic heterocycles. The van der Waals surface area contributed by atoms with Gasteiger partial charge in [0.1, 0.15) is 18.1 Å². The highest BCUT2D eigenvalue weighted by atomic mass is 35.5. The first-order chi connectivity index (χ1) is 20.0. The maximum Gasteiger partial charge on any atom is 0.404 e. The number of aryl methyl sites for hydroxylation is 1. The molecule has 0 radical (unpaired) electrons. The van der Waals surface area contributed by atoms with Crippen LogP contribution in [0, 0.1) is 0 Å². The number of benzene rings is 1. The fourth-order valence-corrected chi connectivity index (χ4v) is 7.52. The smallest absolute Gasteiger partial charge is 0.404 e. The highest BCUT2D eigenvalue weighted by molar-refractivity contribution is 6.76. The Labute approximate surface area is 250 Å². The summed E-state index contributed by atoms with van der Waals surface area (Å²) in [6.07, 6.45) is 8.08. The average molecular weight is 609 g/mol. The number of carboxylic acid groups (broad SMARTS) is 1. The first-order valence-corrected chi connectivity index (χ1v) is 18.6. The Morgan fingerprint density at radius 2 is 1.88 bits per heavy atom. The Kier molecular flexibility index (Phi) is 7.53. The van der Waals surface area contributed by atoms with Crippen LogP contribution >= 0.6 is 11.6 Å². The second kappa shape index (κ2) is 11.0. The molecule has 0 saturated carbocycles. The third-order valence-corrected chi connectivity index (χ3v) is 10.7. The number of nitrogens with one attached hydrogen (secondary N) is 1. The molecule has 3 aromatic heterocycles. The van der Waals surface area contributed by atoms with Crippen molar-refractivity contribution in [2.45, 2.75) is 76.2 Å². The van der Waals surface area contributed by atoms with Crippen LogP contribution in [-0.2, 0) is 18.5 Å². The summed E-state index contributed by atoms with van der Waals surface area (Å²) < 4.78 is 9.69. The molecule has 0 unspecified atom stereocenters. The highest BCUT2D eigenvalue weighted by Gasteiger charge is 2.42. The Hall–Kier alpha value is -3.41. The standard InChI is InChI=1S/C30H37ClN6O4Si/c1-35-10-9-22-23(29(35)38)8-7-21(26(22)31)24-16-36(17-41-11-12-42(2,3)4)28-27(24)32-15-25(34-28)37-19-5-6-20(37)14-18(13-19)33-30(39)40/h7-10,15-16,18-20,33H,5-6,11-14,17H2,1-4H3,(H,39,40)/t18-,19+,20-. The summed E-state index contributed by atoms with van der Waals surface area (Å²) in [6.45, 7) is 8.00. The minimum atomic E-state index is -1.25. The van der Waals surface area contributed by atoms with Crippen LogP contribution in [0.5, 0.6) is 0 Å². The lowest BCUT2D eigenvalue weighted by Crippen LogP contribution is -2.50. The van der Waals surface area contributed by atoms with Crippen molar-refractivity contribution < 1.29 is 14.6 Å². The van der Waals surface area contributed by atoms with Gasteiger partial charge in [-0.25, -0.2) is 14.8 Å².